The van der Waals surface area contributed by atoms with Gasteiger partial charge >= 0.3 is 6.09 Å². The number of benzene rings is 3. The predicted molar refractivity (Wildman–Crippen MR) is 134 cm³/mol. The van der Waals surface area contributed by atoms with Crippen molar-refractivity contribution in [2.24, 2.45) is 11.1 Å². The molecule has 0 aromatic heterocycles. The van der Waals surface area contributed by atoms with Gasteiger partial charge in [-0.1, -0.05) is 62.7 Å². The lowest BCUT2D eigenvalue weighted by molar-refractivity contribution is -0.100. The van der Waals surface area contributed by atoms with Crippen molar-refractivity contribution >= 4 is 17.7 Å². The summed E-state index contributed by atoms with van der Waals surface area (Å²) in [4.78, 5) is 12.0. The summed E-state index contributed by atoms with van der Waals surface area (Å²) >= 11 is 6.65. The van der Waals surface area contributed by atoms with Crippen LogP contribution in [0, 0.1) is 22.6 Å². The molecule has 0 spiro atoms. The Morgan fingerprint density at radius 3 is 2.44 bits per heavy atom. The molecule has 0 aliphatic carbocycles. The second-order valence-corrected chi connectivity index (χ2v) is 10.1. The third-order valence-electron chi connectivity index (χ3n) is 6.35. The van der Waals surface area contributed by atoms with Gasteiger partial charge in [-0.25, -0.2) is 9.18 Å². The molecular formula is C28H26ClFN2O4. The zero-order valence-electron chi connectivity index (χ0n) is 20.4. The number of fused-ring (bicyclic) bond motifs is 1. The van der Waals surface area contributed by atoms with E-state index >= 15 is 4.39 Å². The Kier molecular flexibility index (Phi) is 6.59. The number of ether oxygens (including phenoxy) is 3. The van der Waals surface area contributed by atoms with E-state index in [1.54, 1.807) is 12.1 Å². The van der Waals surface area contributed by atoms with E-state index in [1.165, 1.54) is 19.2 Å². The molecule has 8 heteroatoms. The Labute approximate surface area is 214 Å². The van der Waals surface area contributed by atoms with E-state index in [4.69, 9.17) is 31.5 Å². The number of carbonyl (C=O) groups excluding carboxylic acids is 1. The number of nitrogens with two attached hydrogens (primary N) is 1. The zero-order valence-corrected chi connectivity index (χ0v) is 21.2. The van der Waals surface area contributed by atoms with Crippen molar-refractivity contribution < 1.29 is 23.4 Å². The van der Waals surface area contributed by atoms with E-state index < -0.39 is 29.0 Å². The summed E-state index contributed by atoms with van der Waals surface area (Å²) in [5.41, 5.74) is 5.47. The van der Waals surface area contributed by atoms with Gasteiger partial charge < -0.3 is 19.9 Å². The lowest BCUT2D eigenvalue weighted by Crippen LogP contribution is -2.53. The minimum Gasteiger partial charge on any atom is -0.494 e. The Morgan fingerprint density at radius 1 is 1.17 bits per heavy atom. The fourth-order valence-electron chi connectivity index (χ4n) is 4.96. The van der Waals surface area contributed by atoms with Gasteiger partial charge in [0.1, 0.15) is 5.75 Å². The number of hydrogen-bond donors (Lipinski definition) is 1. The first-order valence-corrected chi connectivity index (χ1v) is 11.7. The van der Waals surface area contributed by atoms with Crippen LogP contribution in [0.1, 0.15) is 37.5 Å². The normalized spacial score (nSPS) is 17.5. The van der Waals surface area contributed by atoms with Crippen LogP contribution < -0.4 is 15.2 Å². The average molecular weight is 509 g/mol. The highest BCUT2D eigenvalue weighted by molar-refractivity contribution is 6.33. The largest absolute Gasteiger partial charge is 0.494 e. The van der Waals surface area contributed by atoms with Gasteiger partial charge in [-0.05, 0) is 29.8 Å². The molecule has 6 nitrogen and oxygen atoms in total. The van der Waals surface area contributed by atoms with Gasteiger partial charge in [-0.3, -0.25) is 0 Å². The van der Waals surface area contributed by atoms with Crippen LogP contribution in [-0.2, 0) is 16.8 Å². The number of nitrogens with zero attached hydrogens (tertiary/aromatic N) is 1. The molecule has 36 heavy (non-hydrogen) atoms. The van der Waals surface area contributed by atoms with Crippen LogP contribution in [0.5, 0.6) is 11.5 Å². The maximum atomic E-state index is 15.6. The van der Waals surface area contributed by atoms with Gasteiger partial charge in [-0.15, -0.1) is 0 Å². The number of primary amides is 1. The predicted octanol–water partition coefficient (Wildman–Crippen LogP) is 6.37. The fraction of sp³-hybridized carbons (Fsp3) is 0.286. The third-order valence-corrected chi connectivity index (χ3v) is 6.67. The van der Waals surface area contributed by atoms with Crippen LogP contribution in [0.4, 0.5) is 9.18 Å². The molecule has 0 fully saturated rings. The number of methoxy groups -OCH3 is 1. The van der Waals surface area contributed by atoms with Gasteiger partial charge in [0.05, 0.1) is 18.7 Å². The molecule has 2 N–H and O–H groups in total. The summed E-state index contributed by atoms with van der Waals surface area (Å²) in [6, 6.07) is 17.6. The van der Waals surface area contributed by atoms with E-state index in [-0.39, 0.29) is 28.3 Å². The molecule has 1 aliphatic rings. The summed E-state index contributed by atoms with van der Waals surface area (Å²) in [7, 11) is 1.35. The smallest absolute Gasteiger partial charge is 0.404 e. The average Bonchev–Trinajstić information content (AvgIpc) is 3.23. The Hall–Kier alpha value is -3.76. The molecule has 0 saturated carbocycles. The molecule has 1 amide bonds. The van der Waals surface area contributed by atoms with Crippen LogP contribution >= 0.6 is 11.6 Å². The molecule has 2 atom stereocenters. The lowest BCUT2D eigenvalue weighted by Gasteiger charge is -2.43. The van der Waals surface area contributed by atoms with E-state index in [0.29, 0.717) is 16.9 Å². The number of nitriles is 1. The van der Waals surface area contributed by atoms with Crippen molar-refractivity contribution in [3.63, 3.8) is 0 Å². The van der Waals surface area contributed by atoms with Crippen LogP contribution in [0.15, 0.2) is 54.6 Å². The van der Waals surface area contributed by atoms with Crippen molar-refractivity contribution in [3.8, 4) is 28.7 Å². The lowest BCUT2D eigenvalue weighted by atomic mass is 9.72. The van der Waals surface area contributed by atoms with Crippen molar-refractivity contribution in [2.75, 3.05) is 7.11 Å². The van der Waals surface area contributed by atoms with Gasteiger partial charge in [0.15, 0.2) is 23.3 Å². The number of carbonyl (C=O) groups is 1. The highest BCUT2D eigenvalue weighted by Crippen LogP contribution is 2.53. The second kappa shape index (κ2) is 9.36. The SMILES string of the molecule is COc1ccc(C#N)c(-c2c(Cl)ccc3c2C[C@](c2ccccc2)([C@@H](OC(N)=O)C(C)(C)C)O3)c1F. The van der Waals surface area contributed by atoms with Crippen molar-refractivity contribution in [3.05, 3.63) is 82.1 Å². The van der Waals surface area contributed by atoms with E-state index in [2.05, 4.69) is 0 Å². The summed E-state index contributed by atoms with van der Waals surface area (Å²) in [5.74, 6) is -0.285. The monoisotopic (exact) mass is 508 g/mol. The van der Waals surface area contributed by atoms with Gasteiger partial charge in [0.2, 0.25) is 0 Å². The first-order valence-electron chi connectivity index (χ1n) is 11.3. The minimum absolute atomic E-state index is 0.0180. The maximum Gasteiger partial charge on any atom is 0.404 e. The van der Waals surface area contributed by atoms with Crippen LogP contribution in [0.2, 0.25) is 5.02 Å². The summed E-state index contributed by atoms with van der Waals surface area (Å²) < 4.78 is 33.1. The molecule has 4 rings (SSSR count). The topological polar surface area (TPSA) is 94.6 Å². The first-order chi connectivity index (χ1) is 17.0. The van der Waals surface area contributed by atoms with Gasteiger partial charge in [-0.2, -0.15) is 5.26 Å². The molecule has 186 valence electrons. The van der Waals surface area contributed by atoms with Crippen LogP contribution in [0.3, 0.4) is 0 Å². The zero-order chi connectivity index (χ0) is 26.3. The number of amides is 1. The summed E-state index contributed by atoms with van der Waals surface area (Å²) in [6.45, 7) is 5.75. The van der Waals surface area contributed by atoms with Crippen molar-refractivity contribution in [1.82, 2.24) is 0 Å². The molecule has 0 bridgehead atoms. The molecule has 3 aromatic rings. The molecule has 0 saturated heterocycles. The van der Waals surface area contributed by atoms with Crippen LogP contribution in [-0.4, -0.2) is 19.3 Å². The third kappa shape index (κ3) is 4.22. The highest BCUT2D eigenvalue weighted by atomic mass is 35.5. The highest BCUT2D eigenvalue weighted by Gasteiger charge is 2.55. The molecule has 1 aliphatic heterocycles. The van der Waals surface area contributed by atoms with E-state index in [0.717, 1.165) is 5.56 Å². The number of rotatable bonds is 5. The van der Waals surface area contributed by atoms with E-state index in [9.17, 15) is 10.1 Å². The Bertz CT molecular complexity index is 1360. The number of hydrogen-bond acceptors (Lipinski definition) is 5. The molecule has 3 aromatic carbocycles. The summed E-state index contributed by atoms with van der Waals surface area (Å²) in [6.07, 6.45) is -1.58. The van der Waals surface area contributed by atoms with Crippen LogP contribution in [0.25, 0.3) is 11.1 Å². The molecule has 1 heterocycles. The maximum absolute atomic E-state index is 15.6. The van der Waals surface area contributed by atoms with Crippen molar-refractivity contribution in [1.29, 1.82) is 5.26 Å². The Morgan fingerprint density at radius 2 is 1.86 bits per heavy atom. The van der Waals surface area contributed by atoms with E-state index in [1.807, 2.05) is 57.2 Å². The Balaban J connectivity index is 2.01. The minimum atomic E-state index is -1.20. The quantitative estimate of drug-likeness (QED) is 0.432. The molecule has 0 radical (unpaired) electrons. The fourth-order valence-corrected chi connectivity index (χ4v) is 5.23. The first kappa shape index (κ1) is 25.3. The standard InChI is InChI=1S/C28H26ClFN2O4/c1-27(2,3)25(35-26(32)33)28(17-8-6-5-7-9-17)14-18-20(36-28)13-11-19(29)23(18)22-16(15-31)10-12-21(34-4)24(22)30/h5-13,25H,14H2,1-4H3,(H2,32,33)/t25-,28-/m0/s1. The van der Waals surface area contributed by atoms with Gasteiger partial charge in [0.25, 0.3) is 0 Å². The van der Waals surface area contributed by atoms with Gasteiger partial charge in [0, 0.05) is 33.5 Å². The number of halogens is 2. The van der Waals surface area contributed by atoms with Crippen molar-refractivity contribution in [2.45, 2.75) is 38.9 Å². The second-order valence-electron chi connectivity index (χ2n) is 9.73. The summed E-state index contributed by atoms with van der Waals surface area (Å²) in [5, 5.41) is 10.0. The molecule has 0 unspecified atom stereocenters. The molecular weight excluding hydrogens is 483 g/mol.